The van der Waals surface area contributed by atoms with E-state index in [1.54, 1.807) is 54.5 Å². The largest absolute Gasteiger partial charge is 0.497 e. The summed E-state index contributed by atoms with van der Waals surface area (Å²) >= 11 is 0. The molecular weight excluding hydrogens is 432 g/mol. The first kappa shape index (κ1) is 23.2. The lowest BCUT2D eigenvalue weighted by Gasteiger charge is -2.30. The van der Waals surface area contributed by atoms with E-state index in [-0.39, 0.29) is 18.4 Å². The molecule has 0 fully saturated rings. The van der Waals surface area contributed by atoms with Crippen LogP contribution in [0.2, 0.25) is 0 Å². The molecule has 7 nitrogen and oxygen atoms in total. The molecule has 7 heteroatoms. The van der Waals surface area contributed by atoms with Gasteiger partial charge in [0, 0.05) is 17.8 Å². The summed E-state index contributed by atoms with van der Waals surface area (Å²) in [7, 11) is 1.58. The number of carbonyl (C=O) groups is 2. The van der Waals surface area contributed by atoms with Gasteiger partial charge in [-0.2, -0.15) is 0 Å². The van der Waals surface area contributed by atoms with E-state index in [0.29, 0.717) is 41.6 Å². The fraction of sp³-hybridized carbons (Fsp3) is 0.259. The molecule has 0 aliphatic carbocycles. The first-order valence-corrected chi connectivity index (χ1v) is 11.3. The minimum atomic E-state index is -0.245. The Morgan fingerprint density at radius 2 is 1.74 bits per heavy atom. The van der Waals surface area contributed by atoms with Gasteiger partial charge in [0.1, 0.15) is 17.2 Å². The van der Waals surface area contributed by atoms with Gasteiger partial charge in [0.05, 0.1) is 19.4 Å². The summed E-state index contributed by atoms with van der Waals surface area (Å²) < 4.78 is 16.5. The van der Waals surface area contributed by atoms with Crippen LogP contribution in [-0.2, 0) is 4.79 Å². The van der Waals surface area contributed by atoms with Gasteiger partial charge in [0.2, 0.25) is 0 Å². The van der Waals surface area contributed by atoms with Crippen LogP contribution >= 0.6 is 0 Å². The minimum Gasteiger partial charge on any atom is -0.497 e. The van der Waals surface area contributed by atoms with Gasteiger partial charge in [-0.15, -0.1) is 0 Å². The van der Waals surface area contributed by atoms with Crippen molar-refractivity contribution in [3.05, 3.63) is 77.9 Å². The number of rotatable bonds is 9. The Morgan fingerprint density at radius 3 is 2.47 bits per heavy atom. The molecule has 0 aromatic heterocycles. The maximum Gasteiger partial charge on any atom is 0.265 e. The third-order valence-electron chi connectivity index (χ3n) is 5.58. The van der Waals surface area contributed by atoms with Crippen LogP contribution < -0.4 is 24.4 Å². The number of methoxy groups -OCH3 is 1. The SMILES string of the molecule is COc1ccc(C(=O)Nc2ccc3c(c2)N(CCCCOc2ccc(C)cc2)C(=O)CO3)cc1. The number of amides is 2. The van der Waals surface area contributed by atoms with Crippen molar-refractivity contribution in [3.63, 3.8) is 0 Å². The van der Waals surface area contributed by atoms with Crippen LogP contribution in [0.3, 0.4) is 0 Å². The fourth-order valence-corrected chi connectivity index (χ4v) is 3.67. The molecule has 0 atom stereocenters. The molecular formula is C27H28N2O5. The lowest BCUT2D eigenvalue weighted by molar-refractivity contribution is -0.121. The van der Waals surface area contributed by atoms with E-state index in [1.807, 2.05) is 31.2 Å². The van der Waals surface area contributed by atoms with Crippen LogP contribution in [0, 0.1) is 6.92 Å². The Hall–Kier alpha value is -4.00. The van der Waals surface area contributed by atoms with Gasteiger partial charge in [0.15, 0.2) is 6.61 Å². The number of aryl methyl sites for hydroxylation is 1. The highest BCUT2D eigenvalue weighted by atomic mass is 16.5. The van der Waals surface area contributed by atoms with Gasteiger partial charge >= 0.3 is 0 Å². The van der Waals surface area contributed by atoms with Gasteiger partial charge in [-0.25, -0.2) is 0 Å². The summed E-state index contributed by atoms with van der Waals surface area (Å²) in [5.74, 6) is 1.80. The number of carbonyl (C=O) groups excluding carboxylic acids is 2. The number of ether oxygens (including phenoxy) is 3. The van der Waals surface area contributed by atoms with E-state index in [4.69, 9.17) is 14.2 Å². The van der Waals surface area contributed by atoms with E-state index in [2.05, 4.69) is 5.32 Å². The normalized spacial score (nSPS) is 12.5. The zero-order valence-electron chi connectivity index (χ0n) is 19.4. The number of hydrogen-bond donors (Lipinski definition) is 1. The quantitative estimate of drug-likeness (QED) is 0.463. The van der Waals surface area contributed by atoms with Crippen LogP contribution in [0.25, 0.3) is 0 Å². The zero-order chi connectivity index (χ0) is 23.9. The summed E-state index contributed by atoms with van der Waals surface area (Å²) in [6.45, 7) is 3.16. The lowest BCUT2D eigenvalue weighted by atomic mass is 10.1. The average Bonchev–Trinajstić information content (AvgIpc) is 2.86. The molecule has 1 N–H and O–H groups in total. The fourth-order valence-electron chi connectivity index (χ4n) is 3.67. The number of fused-ring (bicyclic) bond motifs is 1. The van der Waals surface area contributed by atoms with Crippen LogP contribution in [0.5, 0.6) is 17.2 Å². The second-order valence-corrected chi connectivity index (χ2v) is 8.07. The van der Waals surface area contributed by atoms with Gasteiger partial charge in [-0.05, 0) is 74.4 Å². The predicted molar refractivity (Wildman–Crippen MR) is 131 cm³/mol. The summed E-state index contributed by atoms with van der Waals surface area (Å²) in [5, 5.41) is 2.89. The number of hydrogen-bond acceptors (Lipinski definition) is 5. The van der Waals surface area contributed by atoms with Crippen molar-refractivity contribution in [2.75, 3.05) is 37.1 Å². The monoisotopic (exact) mass is 460 g/mol. The Kier molecular flexibility index (Phi) is 7.32. The third kappa shape index (κ3) is 5.67. The zero-order valence-corrected chi connectivity index (χ0v) is 19.4. The summed E-state index contributed by atoms with van der Waals surface area (Å²) in [5.41, 5.74) is 2.95. The van der Waals surface area contributed by atoms with E-state index in [1.165, 1.54) is 5.56 Å². The van der Waals surface area contributed by atoms with Crippen molar-refractivity contribution in [2.24, 2.45) is 0 Å². The topological polar surface area (TPSA) is 77.1 Å². The second-order valence-electron chi connectivity index (χ2n) is 8.07. The maximum absolute atomic E-state index is 12.6. The highest BCUT2D eigenvalue weighted by molar-refractivity contribution is 6.05. The van der Waals surface area contributed by atoms with Crippen LogP contribution in [0.1, 0.15) is 28.8 Å². The first-order valence-electron chi connectivity index (χ1n) is 11.3. The highest BCUT2D eigenvalue weighted by Gasteiger charge is 2.25. The molecule has 2 amide bonds. The number of nitrogens with one attached hydrogen (secondary N) is 1. The molecule has 0 bridgehead atoms. The molecule has 1 heterocycles. The summed E-state index contributed by atoms with van der Waals surface area (Å²) in [6.07, 6.45) is 1.58. The number of anilines is 2. The average molecular weight is 461 g/mol. The van der Waals surface area contributed by atoms with Crippen molar-refractivity contribution < 1.29 is 23.8 Å². The van der Waals surface area contributed by atoms with Crippen molar-refractivity contribution >= 4 is 23.2 Å². The molecule has 3 aromatic rings. The van der Waals surface area contributed by atoms with E-state index in [0.717, 1.165) is 18.6 Å². The third-order valence-corrected chi connectivity index (χ3v) is 5.58. The standard InChI is InChI=1S/C27H28N2O5/c1-19-5-10-23(11-6-19)33-16-4-3-15-29-24-17-21(9-14-25(24)34-18-26(29)30)28-27(31)20-7-12-22(32-2)13-8-20/h5-14,17H,3-4,15-16,18H2,1-2H3,(H,28,31). The van der Waals surface area contributed by atoms with Gasteiger partial charge in [-0.1, -0.05) is 17.7 Å². The first-order chi connectivity index (χ1) is 16.5. The number of benzene rings is 3. The molecule has 0 radical (unpaired) electrons. The van der Waals surface area contributed by atoms with E-state index < -0.39 is 0 Å². The number of unbranched alkanes of at least 4 members (excludes halogenated alkanes) is 1. The van der Waals surface area contributed by atoms with Gasteiger partial charge < -0.3 is 24.4 Å². The molecule has 0 unspecified atom stereocenters. The predicted octanol–water partition coefficient (Wildman–Crippen LogP) is 4.84. The Bertz CT molecular complexity index is 1140. The van der Waals surface area contributed by atoms with E-state index in [9.17, 15) is 9.59 Å². The van der Waals surface area contributed by atoms with Crippen LogP contribution in [-0.4, -0.2) is 38.7 Å². The second kappa shape index (κ2) is 10.7. The lowest BCUT2D eigenvalue weighted by Crippen LogP contribution is -2.39. The van der Waals surface area contributed by atoms with Gasteiger partial charge in [-0.3, -0.25) is 9.59 Å². The molecule has 1 aliphatic rings. The Morgan fingerprint density at radius 1 is 1.00 bits per heavy atom. The molecule has 4 rings (SSSR count). The smallest absolute Gasteiger partial charge is 0.265 e. The molecule has 34 heavy (non-hydrogen) atoms. The Balaban J connectivity index is 1.36. The molecule has 0 saturated heterocycles. The highest BCUT2D eigenvalue weighted by Crippen LogP contribution is 2.35. The maximum atomic E-state index is 12.6. The van der Waals surface area contributed by atoms with Crippen molar-refractivity contribution in [2.45, 2.75) is 19.8 Å². The minimum absolute atomic E-state index is 0.00439. The van der Waals surface area contributed by atoms with Gasteiger partial charge in [0.25, 0.3) is 11.8 Å². The van der Waals surface area contributed by atoms with Crippen molar-refractivity contribution in [3.8, 4) is 17.2 Å². The molecule has 0 spiro atoms. The van der Waals surface area contributed by atoms with Crippen LogP contribution in [0.4, 0.5) is 11.4 Å². The molecule has 176 valence electrons. The van der Waals surface area contributed by atoms with Crippen LogP contribution in [0.15, 0.2) is 66.7 Å². The summed E-state index contributed by atoms with van der Waals surface area (Å²) in [6, 6.07) is 20.1. The van der Waals surface area contributed by atoms with Crippen molar-refractivity contribution in [1.82, 2.24) is 0 Å². The molecule has 0 saturated carbocycles. The summed E-state index contributed by atoms with van der Waals surface area (Å²) in [4.78, 5) is 26.9. The molecule has 1 aliphatic heterocycles. The van der Waals surface area contributed by atoms with E-state index >= 15 is 0 Å². The Labute approximate surface area is 199 Å². The number of nitrogens with zero attached hydrogens (tertiary/aromatic N) is 1. The van der Waals surface area contributed by atoms with Crippen molar-refractivity contribution in [1.29, 1.82) is 0 Å². The molecule has 3 aromatic carbocycles.